The lowest BCUT2D eigenvalue weighted by molar-refractivity contribution is -0.131. The SMILES string of the molecule is CC(=O)Oc1ccc(/C=C2\SC(=O)N(Cc3cccc4ccccc34)C2=O)cc1. The Hall–Kier alpha value is -3.38. The maximum atomic E-state index is 12.8. The summed E-state index contributed by atoms with van der Waals surface area (Å²) in [4.78, 5) is 37.9. The molecule has 0 aliphatic carbocycles. The molecule has 0 unspecified atom stereocenters. The minimum atomic E-state index is -0.396. The first-order valence-corrected chi connectivity index (χ1v) is 9.83. The molecule has 5 nitrogen and oxygen atoms in total. The summed E-state index contributed by atoms with van der Waals surface area (Å²) in [5.41, 5.74) is 1.67. The number of amides is 2. The first kappa shape index (κ1) is 19.0. The van der Waals surface area contributed by atoms with Gasteiger partial charge in [-0.2, -0.15) is 0 Å². The molecule has 0 radical (unpaired) electrons. The lowest BCUT2D eigenvalue weighted by Crippen LogP contribution is -2.27. The second-order valence-corrected chi connectivity index (χ2v) is 7.56. The molecule has 0 aromatic heterocycles. The zero-order valence-electron chi connectivity index (χ0n) is 15.6. The standard InChI is InChI=1S/C23H17NO4S/c1-15(25)28-19-11-9-16(10-12-19)13-21-22(26)24(23(27)29-21)14-18-7-4-6-17-5-2-3-8-20(17)18/h2-13H,14H2,1H3/b21-13-. The predicted octanol–water partition coefficient (Wildman–Crippen LogP) is 5.00. The topological polar surface area (TPSA) is 63.7 Å². The van der Waals surface area contributed by atoms with Gasteiger partial charge in [-0.05, 0) is 51.9 Å². The van der Waals surface area contributed by atoms with Crippen LogP contribution in [0.25, 0.3) is 16.8 Å². The van der Waals surface area contributed by atoms with Crippen molar-refractivity contribution in [1.29, 1.82) is 0 Å². The van der Waals surface area contributed by atoms with Gasteiger partial charge < -0.3 is 4.74 Å². The van der Waals surface area contributed by atoms with Crippen LogP contribution >= 0.6 is 11.8 Å². The van der Waals surface area contributed by atoms with Gasteiger partial charge in [0.2, 0.25) is 0 Å². The van der Waals surface area contributed by atoms with Gasteiger partial charge in [0.05, 0.1) is 11.4 Å². The number of carbonyl (C=O) groups is 3. The van der Waals surface area contributed by atoms with E-state index < -0.39 is 5.97 Å². The number of hydrogen-bond donors (Lipinski definition) is 0. The van der Waals surface area contributed by atoms with Crippen LogP contribution in [0, 0.1) is 0 Å². The summed E-state index contributed by atoms with van der Waals surface area (Å²) in [6.45, 7) is 1.56. The summed E-state index contributed by atoms with van der Waals surface area (Å²) in [7, 11) is 0. The summed E-state index contributed by atoms with van der Waals surface area (Å²) in [5, 5.41) is 1.81. The monoisotopic (exact) mass is 403 g/mol. The molecule has 0 saturated carbocycles. The molecule has 1 fully saturated rings. The Morgan fingerprint density at radius 3 is 2.48 bits per heavy atom. The summed E-state index contributed by atoms with van der Waals surface area (Å²) >= 11 is 0.929. The molecule has 0 atom stereocenters. The second kappa shape index (κ2) is 7.93. The minimum absolute atomic E-state index is 0.231. The fourth-order valence-corrected chi connectivity index (χ4v) is 4.02. The Labute approximate surface area is 172 Å². The van der Waals surface area contributed by atoms with Gasteiger partial charge in [0.15, 0.2) is 0 Å². The highest BCUT2D eigenvalue weighted by Gasteiger charge is 2.35. The van der Waals surface area contributed by atoms with Crippen molar-refractivity contribution in [1.82, 2.24) is 4.90 Å². The molecule has 3 aromatic carbocycles. The van der Waals surface area contributed by atoms with Crippen molar-refractivity contribution in [2.24, 2.45) is 0 Å². The van der Waals surface area contributed by atoms with Crippen LogP contribution in [0.1, 0.15) is 18.1 Å². The molecule has 1 aliphatic heterocycles. The average molecular weight is 403 g/mol. The minimum Gasteiger partial charge on any atom is -0.427 e. The third kappa shape index (κ3) is 4.07. The first-order valence-electron chi connectivity index (χ1n) is 9.02. The van der Waals surface area contributed by atoms with E-state index in [1.165, 1.54) is 11.8 Å². The van der Waals surface area contributed by atoms with Gasteiger partial charge in [-0.15, -0.1) is 0 Å². The lowest BCUT2D eigenvalue weighted by atomic mass is 10.0. The Kier molecular flexibility index (Phi) is 5.18. The molecule has 6 heteroatoms. The highest BCUT2D eigenvalue weighted by molar-refractivity contribution is 8.18. The van der Waals surface area contributed by atoms with Crippen molar-refractivity contribution in [3.8, 4) is 5.75 Å². The van der Waals surface area contributed by atoms with Crippen LogP contribution in [0.5, 0.6) is 5.75 Å². The van der Waals surface area contributed by atoms with E-state index in [1.807, 2.05) is 42.5 Å². The van der Waals surface area contributed by atoms with E-state index in [9.17, 15) is 14.4 Å². The van der Waals surface area contributed by atoms with Crippen molar-refractivity contribution in [2.75, 3.05) is 0 Å². The van der Waals surface area contributed by atoms with Gasteiger partial charge >= 0.3 is 5.97 Å². The number of imide groups is 1. The smallest absolute Gasteiger partial charge is 0.308 e. The van der Waals surface area contributed by atoms with Gasteiger partial charge in [0.1, 0.15) is 5.75 Å². The first-order chi connectivity index (χ1) is 14.0. The molecule has 144 valence electrons. The predicted molar refractivity (Wildman–Crippen MR) is 113 cm³/mol. The molecule has 0 N–H and O–H groups in total. The largest absolute Gasteiger partial charge is 0.427 e. The van der Waals surface area contributed by atoms with Crippen LogP contribution < -0.4 is 4.74 Å². The van der Waals surface area contributed by atoms with E-state index in [1.54, 1.807) is 30.3 Å². The van der Waals surface area contributed by atoms with Crippen molar-refractivity contribution in [3.05, 3.63) is 82.8 Å². The van der Waals surface area contributed by atoms with Crippen LogP contribution in [0.2, 0.25) is 0 Å². The fourth-order valence-electron chi connectivity index (χ4n) is 3.19. The van der Waals surface area contributed by atoms with Gasteiger partial charge in [-0.3, -0.25) is 19.3 Å². The Morgan fingerprint density at radius 1 is 1.00 bits per heavy atom. The van der Waals surface area contributed by atoms with E-state index in [2.05, 4.69) is 0 Å². The maximum absolute atomic E-state index is 12.8. The molecule has 0 bridgehead atoms. The van der Waals surface area contributed by atoms with E-state index in [4.69, 9.17) is 4.74 Å². The summed E-state index contributed by atoms with van der Waals surface area (Å²) in [6, 6.07) is 20.5. The molecule has 4 rings (SSSR count). The second-order valence-electron chi connectivity index (χ2n) is 6.57. The zero-order chi connectivity index (χ0) is 20.4. The summed E-state index contributed by atoms with van der Waals surface area (Å²) in [5.74, 6) is -0.275. The van der Waals surface area contributed by atoms with Crippen LogP contribution in [0.3, 0.4) is 0 Å². The molecular weight excluding hydrogens is 386 g/mol. The molecule has 0 spiro atoms. The number of rotatable bonds is 4. The Balaban J connectivity index is 1.55. The van der Waals surface area contributed by atoms with Crippen LogP contribution in [-0.2, 0) is 16.1 Å². The van der Waals surface area contributed by atoms with Crippen LogP contribution in [0.15, 0.2) is 71.6 Å². The molecule has 1 saturated heterocycles. The van der Waals surface area contributed by atoms with Crippen molar-refractivity contribution in [3.63, 3.8) is 0 Å². The van der Waals surface area contributed by atoms with Crippen molar-refractivity contribution < 1.29 is 19.1 Å². The highest BCUT2D eigenvalue weighted by Crippen LogP contribution is 2.34. The number of esters is 1. The van der Waals surface area contributed by atoms with Crippen molar-refractivity contribution >= 4 is 45.7 Å². The number of nitrogens with zero attached hydrogens (tertiary/aromatic N) is 1. The third-order valence-corrected chi connectivity index (χ3v) is 5.43. The van der Waals surface area contributed by atoms with E-state index in [-0.39, 0.29) is 17.7 Å². The quantitative estimate of drug-likeness (QED) is 0.348. The third-order valence-electron chi connectivity index (χ3n) is 4.52. The molecule has 29 heavy (non-hydrogen) atoms. The van der Waals surface area contributed by atoms with Crippen LogP contribution in [-0.4, -0.2) is 22.0 Å². The number of thioether (sulfide) groups is 1. The van der Waals surface area contributed by atoms with Gasteiger partial charge in [0.25, 0.3) is 11.1 Å². The number of hydrogen-bond acceptors (Lipinski definition) is 5. The Bertz CT molecular complexity index is 1150. The summed E-state index contributed by atoms with van der Waals surface area (Å²) in [6.07, 6.45) is 1.67. The van der Waals surface area contributed by atoms with Gasteiger partial charge in [-0.25, -0.2) is 0 Å². The normalized spacial score (nSPS) is 15.3. The molecule has 3 aromatic rings. The lowest BCUT2D eigenvalue weighted by Gasteiger charge is -2.14. The Morgan fingerprint density at radius 2 is 1.72 bits per heavy atom. The molecule has 1 heterocycles. The number of benzene rings is 3. The van der Waals surface area contributed by atoms with E-state index >= 15 is 0 Å². The number of ether oxygens (including phenoxy) is 1. The maximum Gasteiger partial charge on any atom is 0.308 e. The molecular formula is C23H17NO4S. The molecule has 2 amide bonds. The fraction of sp³-hybridized carbons (Fsp3) is 0.0870. The highest BCUT2D eigenvalue weighted by atomic mass is 32.2. The molecule has 1 aliphatic rings. The van der Waals surface area contributed by atoms with Crippen LogP contribution in [0.4, 0.5) is 4.79 Å². The van der Waals surface area contributed by atoms with E-state index in [0.717, 1.165) is 33.7 Å². The summed E-state index contributed by atoms with van der Waals surface area (Å²) < 4.78 is 5.00. The number of fused-ring (bicyclic) bond motifs is 1. The average Bonchev–Trinajstić information content (AvgIpc) is 2.97. The van der Waals surface area contributed by atoms with Gasteiger partial charge in [-0.1, -0.05) is 54.6 Å². The van der Waals surface area contributed by atoms with Crippen molar-refractivity contribution in [2.45, 2.75) is 13.5 Å². The zero-order valence-corrected chi connectivity index (χ0v) is 16.4. The van der Waals surface area contributed by atoms with E-state index in [0.29, 0.717) is 10.7 Å². The number of carbonyl (C=O) groups excluding carboxylic acids is 3. The van der Waals surface area contributed by atoms with Gasteiger partial charge in [0, 0.05) is 6.92 Å².